The van der Waals surface area contributed by atoms with Gasteiger partial charge in [0.05, 0.1) is 43.0 Å². The molecule has 1 N–H and O–H groups in total. The zero-order valence-corrected chi connectivity index (χ0v) is 19.3. The Morgan fingerprint density at radius 3 is 2.97 bits per heavy atom. The number of amides is 2. The number of nitrogens with zero attached hydrogens (tertiary/aromatic N) is 6. The molecule has 10 nitrogen and oxygen atoms in total. The van der Waals surface area contributed by atoms with E-state index in [2.05, 4.69) is 16.8 Å². The van der Waals surface area contributed by atoms with Crippen LogP contribution in [0.15, 0.2) is 37.2 Å². The molecule has 31 heavy (non-hydrogen) atoms. The average Bonchev–Trinajstić information content (AvgIpc) is 3.48. The van der Waals surface area contributed by atoms with E-state index in [9.17, 15) is 14.0 Å². The van der Waals surface area contributed by atoms with Gasteiger partial charge in [0.1, 0.15) is 18.3 Å². The summed E-state index contributed by atoms with van der Waals surface area (Å²) < 4.78 is 29.9. The van der Waals surface area contributed by atoms with Crippen molar-refractivity contribution in [2.24, 2.45) is 6.46 Å². The van der Waals surface area contributed by atoms with Gasteiger partial charge < -0.3 is 14.6 Å². The van der Waals surface area contributed by atoms with Gasteiger partial charge in [-0.15, -0.1) is 3.25 Å². The number of carbonyl (C=O) groups excluding carboxylic acids is 2. The molecule has 0 unspecified atom stereocenters. The molecule has 0 radical (unpaired) electrons. The molecule has 0 bridgehead atoms. The second-order valence-corrected chi connectivity index (χ2v) is 9.05. The summed E-state index contributed by atoms with van der Waals surface area (Å²) in [7, 11) is 0. The Labute approximate surface area is 196 Å². The van der Waals surface area contributed by atoms with Crippen molar-refractivity contribution in [3.8, 4) is 5.69 Å². The maximum atomic E-state index is 14.8. The van der Waals surface area contributed by atoms with Gasteiger partial charge in [-0.05, 0) is 18.2 Å². The minimum Gasteiger partial charge on any atom is -0.442 e. The number of hydrogen-bond acceptors (Lipinski definition) is 7. The molecule has 2 aromatic rings. The van der Waals surface area contributed by atoms with Gasteiger partial charge in [0.25, 0.3) is 5.91 Å². The quantitative estimate of drug-likeness (QED) is 0.400. The first-order chi connectivity index (χ1) is 14.9. The molecule has 14 heteroatoms. The highest BCUT2D eigenvalue weighted by atomic mass is 127. The zero-order chi connectivity index (χ0) is 22.0. The molecule has 0 aliphatic carbocycles. The number of alkyl halides is 2. The van der Waals surface area contributed by atoms with Crippen LogP contribution in [0.4, 0.5) is 14.9 Å². The fourth-order valence-corrected chi connectivity index (χ4v) is 4.14. The second kappa shape index (κ2) is 9.44. The number of hydrogen-bond donors (Lipinski definition) is 1. The smallest absolute Gasteiger partial charge is 0.414 e. The number of halogens is 4. The maximum absolute atomic E-state index is 14.8. The molecule has 2 amide bonds. The third-order valence-corrected chi connectivity index (χ3v) is 6.05. The van der Waals surface area contributed by atoms with Crippen LogP contribution in [-0.4, -0.2) is 56.9 Å². The van der Waals surface area contributed by atoms with Crippen LogP contribution in [0.25, 0.3) is 5.69 Å². The fraction of sp³-hybridized carbons (Fsp3) is 0.294. The molecule has 3 heterocycles. The molecule has 4 rings (SSSR count). The van der Waals surface area contributed by atoms with Gasteiger partial charge in [-0.25, -0.2) is 19.2 Å². The Morgan fingerprint density at radius 2 is 2.26 bits per heavy atom. The highest BCUT2D eigenvalue weighted by molar-refractivity contribution is 14.1. The van der Waals surface area contributed by atoms with Crippen LogP contribution in [0, 0.1) is 5.82 Å². The summed E-state index contributed by atoms with van der Waals surface area (Å²) in [5.74, 6) is -1.11. The first-order valence-electron chi connectivity index (χ1n) is 8.92. The molecule has 1 atom stereocenters. The van der Waals surface area contributed by atoms with Crippen LogP contribution in [0.5, 0.6) is 0 Å². The lowest BCUT2D eigenvalue weighted by Crippen LogP contribution is -2.37. The molecule has 2 aliphatic rings. The van der Waals surface area contributed by atoms with E-state index in [0.717, 1.165) is 0 Å². The van der Waals surface area contributed by atoms with E-state index in [1.165, 1.54) is 17.3 Å². The largest absolute Gasteiger partial charge is 0.442 e. The van der Waals surface area contributed by atoms with Crippen LogP contribution in [-0.2, 0) is 16.1 Å². The van der Waals surface area contributed by atoms with Crippen molar-refractivity contribution in [1.82, 2.24) is 19.9 Å². The molecule has 0 saturated carbocycles. The molecule has 164 valence electrons. The minimum absolute atomic E-state index is 0.0470. The van der Waals surface area contributed by atoms with Crippen LogP contribution in [0.3, 0.4) is 0 Å². The Morgan fingerprint density at radius 1 is 1.42 bits per heavy atom. The lowest BCUT2D eigenvalue weighted by Gasteiger charge is -2.15. The summed E-state index contributed by atoms with van der Waals surface area (Å²) in [6.07, 6.45) is 3.65. The van der Waals surface area contributed by atoms with Gasteiger partial charge in [0, 0.05) is 6.20 Å². The molecule has 0 spiro atoms. The lowest BCUT2D eigenvalue weighted by molar-refractivity contribution is -0.119. The molecule has 2 aliphatic heterocycles. The van der Waals surface area contributed by atoms with Crippen molar-refractivity contribution in [2.45, 2.75) is 17.5 Å². The summed E-state index contributed by atoms with van der Waals surface area (Å²) in [5, 5.41) is 4.19. The number of rotatable bonds is 7. The van der Waals surface area contributed by atoms with Crippen molar-refractivity contribution >= 4 is 68.5 Å². The Bertz CT molecular complexity index is 1050. The average molecular weight is 582 g/mol. The van der Waals surface area contributed by atoms with Crippen molar-refractivity contribution in [1.29, 1.82) is 0 Å². The van der Waals surface area contributed by atoms with Crippen LogP contribution in [0.1, 0.15) is 5.69 Å². The van der Waals surface area contributed by atoms with Crippen molar-refractivity contribution in [3.05, 3.63) is 42.2 Å². The van der Waals surface area contributed by atoms with E-state index in [-0.39, 0.29) is 18.8 Å². The van der Waals surface area contributed by atoms with E-state index in [4.69, 9.17) is 27.9 Å². The van der Waals surface area contributed by atoms with Crippen LogP contribution >= 0.6 is 44.5 Å². The van der Waals surface area contributed by atoms with E-state index >= 15 is 0 Å². The van der Waals surface area contributed by atoms with Gasteiger partial charge >= 0.3 is 6.09 Å². The lowest BCUT2D eigenvalue weighted by atomic mass is 10.2. The molecule has 1 fully saturated rings. The number of cyclic esters (lactones) is 1. The van der Waals surface area contributed by atoms with Gasteiger partial charge in [0.2, 0.25) is 0 Å². The maximum Gasteiger partial charge on any atom is 0.414 e. The van der Waals surface area contributed by atoms with Crippen molar-refractivity contribution in [2.75, 3.05) is 18.0 Å². The number of ether oxygens (including phenoxy) is 1. The Kier molecular flexibility index (Phi) is 6.67. The molecular weight excluding hydrogens is 567 g/mol. The number of nitrogens with one attached hydrogen (secondary N) is 1. The van der Waals surface area contributed by atoms with Gasteiger partial charge in [-0.3, -0.25) is 9.69 Å². The highest BCUT2D eigenvalue weighted by Gasteiger charge is 2.33. The zero-order valence-electron chi connectivity index (χ0n) is 15.7. The van der Waals surface area contributed by atoms with E-state index in [1.807, 2.05) is 0 Å². The van der Waals surface area contributed by atoms with Gasteiger partial charge in [-0.2, -0.15) is 3.21 Å². The van der Waals surface area contributed by atoms with Crippen LogP contribution < -0.4 is 10.2 Å². The Hall–Kier alpha value is -2.32. The predicted molar refractivity (Wildman–Crippen MR) is 120 cm³/mol. The van der Waals surface area contributed by atoms with E-state index in [1.54, 1.807) is 34.2 Å². The first-order valence-corrected chi connectivity index (χ1v) is 11.7. The highest BCUT2D eigenvalue weighted by Crippen LogP contribution is 2.26. The number of imidazole rings is 1. The summed E-state index contributed by atoms with van der Waals surface area (Å²) >= 11 is 10.4. The first kappa shape index (κ1) is 21.9. The number of aromatic nitrogens is 2. The normalized spacial score (nSPS) is 17.9. The molecular formula is C17H15Cl2FIN7O3. The second-order valence-electron chi connectivity index (χ2n) is 6.53. The fourth-order valence-electron chi connectivity index (χ4n) is 2.97. The van der Waals surface area contributed by atoms with Crippen molar-refractivity contribution < 1.29 is 18.7 Å². The van der Waals surface area contributed by atoms with E-state index in [0.29, 0.717) is 17.9 Å². The molecule has 1 aromatic heterocycles. The number of carbonyl (C=O) groups is 2. The van der Waals surface area contributed by atoms with Gasteiger partial charge in [0.15, 0.2) is 26.1 Å². The van der Waals surface area contributed by atoms with E-state index < -0.39 is 50.1 Å². The van der Waals surface area contributed by atoms with Crippen molar-refractivity contribution in [3.63, 3.8) is 0 Å². The topological polar surface area (TPSA) is 104 Å². The number of benzene rings is 1. The predicted octanol–water partition coefficient (Wildman–Crippen LogP) is 3.08. The number of anilines is 1. The third kappa shape index (κ3) is 5.13. The molecule has 1 aromatic carbocycles. The van der Waals surface area contributed by atoms with Gasteiger partial charge in [-0.1, -0.05) is 23.2 Å². The Balaban J connectivity index is 1.42. The van der Waals surface area contributed by atoms with Crippen LogP contribution in [0.2, 0.25) is 0 Å². The summed E-state index contributed by atoms with van der Waals surface area (Å²) in [6, 6.07) is 4.41. The standard InChI is InChI=1S/C17H15Cl2FIN7O3/c18-15(19)16(29)22-4-12-7-28(17(30)31-12)11-1-2-14(13(20)3-11)26-5-10(23-8-26)6-27-9-24-21-25-27/h1-3,5,8-9,12,15H,4,6-7H2,(H,22,29)/t12-/m0/s1. The summed E-state index contributed by atoms with van der Waals surface area (Å²) in [4.78, 5) is 28.0. The molecule has 1 saturated heterocycles. The monoisotopic (exact) mass is 581 g/mol. The summed E-state index contributed by atoms with van der Waals surface area (Å²) in [6.45, 7) is 0.652. The SMILES string of the molecule is O=C(NC[C@H]1CN(c2ccc(-n3cnc(CN4C=NI=N4)c3)c(F)c2)C(=O)O1)C(Cl)Cl. The third-order valence-electron chi connectivity index (χ3n) is 4.41. The minimum atomic E-state index is -1.21. The summed E-state index contributed by atoms with van der Waals surface area (Å²) in [5.41, 5.74) is 1.34.